The number of halogens is 2. The third kappa shape index (κ3) is 5.89. The first kappa shape index (κ1) is 23.7. The molecule has 7 nitrogen and oxygen atoms in total. The van der Waals surface area contributed by atoms with E-state index < -0.39 is 18.9 Å². The van der Waals surface area contributed by atoms with Gasteiger partial charge in [-0.25, -0.2) is 8.78 Å². The van der Waals surface area contributed by atoms with Crippen molar-refractivity contribution in [3.8, 4) is 0 Å². The van der Waals surface area contributed by atoms with E-state index in [1.807, 2.05) is 50.2 Å². The van der Waals surface area contributed by atoms with E-state index in [-0.39, 0.29) is 17.8 Å². The second-order valence-corrected chi connectivity index (χ2v) is 8.93. The van der Waals surface area contributed by atoms with Crippen LogP contribution < -0.4 is 16.0 Å². The van der Waals surface area contributed by atoms with Gasteiger partial charge in [-0.1, -0.05) is 19.9 Å². The van der Waals surface area contributed by atoms with E-state index in [2.05, 4.69) is 20.9 Å². The molecule has 2 aromatic rings. The number of aliphatic imine (C=N–C) groups is 1. The van der Waals surface area contributed by atoms with Gasteiger partial charge in [0.15, 0.2) is 0 Å². The molecule has 2 fully saturated rings. The first-order valence-electron chi connectivity index (χ1n) is 11.5. The molecule has 0 bridgehead atoms. The monoisotopic (exact) mass is 469 g/mol. The average molecular weight is 470 g/mol. The molecule has 1 aliphatic heterocycles. The van der Waals surface area contributed by atoms with Crippen molar-refractivity contribution < 1.29 is 18.4 Å². The fraction of sp³-hybridized carbons (Fsp3) is 0.400. The third-order valence-corrected chi connectivity index (χ3v) is 5.78. The van der Waals surface area contributed by atoms with E-state index >= 15 is 0 Å². The van der Waals surface area contributed by atoms with Crippen LogP contribution in [-0.4, -0.2) is 48.7 Å². The molecular formula is C25H29F2N5O2. The molecule has 1 saturated heterocycles. The Bertz CT molecular complexity index is 1100. The summed E-state index contributed by atoms with van der Waals surface area (Å²) >= 11 is 0. The summed E-state index contributed by atoms with van der Waals surface area (Å²) in [5.41, 5.74) is 3.85. The standard InChI is InChI=1S/C25H29F2N5O2/c1-15(2)23(33)30-19-5-3-4-18(13-19)29-21-9-8-17(12-20(21)16-6-7-16)24(34)31-25-28-10-11-32(25)14-22(26)27/h3-5,8-9,12-13,15-16,22,29H,6-7,10-11,14H2,1-2H3,(H,30,33)(H,28,31,34). The Hall–Kier alpha value is -3.49. The Labute approximate surface area is 197 Å². The summed E-state index contributed by atoms with van der Waals surface area (Å²) in [6.07, 6.45) is -0.423. The Morgan fingerprint density at radius 3 is 2.62 bits per heavy atom. The fourth-order valence-corrected chi connectivity index (χ4v) is 3.79. The van der Waals surface area contributed by atoms with E-state index in [0.717, 1.165) is 29.8 Å². The minimum Gasteiger partial charge on any atom is -0.355 e. The van der Waals surface area contributed by atoms with Crippen molar-refractivity contribution in [2.24, 2.45) is 10.9 Å². The van der Waals surface area contributed by atoms with Crippen molar-refractivity contribution in [3.63, 3.8) is 0 Å². The summed E-state index contributed by atoms with van der Waals surface area (Å²) in [4.78, 5) is 30.3. The zero-order valence-corrected chi connectivity index (χ0v) is 19.3. The molecule has 3 N–H and O–H groups in total. The molecule has 180 valence electrons. The predicted molar refractivity (Wildman–Crippen MR) is 129 cm³/mol. The van der Waals surface area contributed by atoms with Gasteiger partial charge in [0.1, 0.15) is 0 Å². The van der Waals surface area contributed by atoms with Gasteiger partial charge in [0.2, 0.25) is 11.9 Å². The SMILES string of the molecule is CC(C)C(=O)Nc1cccc(Nc2ccc(C(=O)/N=C3\NCCN3CC(F)F)cc2C2CC2)c1. The number of hydrogen-bond acceptors (Lipinski definition) is 3. The summed E-state index contributed by atoms with van der Waals surface area (Å²) in [5, 5.41) is 9.21. The van der Waals surface area contributed by atoms with E-state index in [4.69, 9.17) is 0 Å². The van der Waals surface area contributed by atoms with Gasteiger partial charge < -0.3 is 20.9 Å². The van der Waals surface area contributed by atoms with Crippen molar-refractivity contribution in [3.05, 3.63) is 53.6 Å². The van der Waals surface area contributed by atoms with Crippen LogP contribution in [-0.2, 0) is 4.79 Å². The maximum Gasteiger partial charge on any atom is 0.280 e. The minimum atomic E-state index is -2.50. The highest BCUT2D eigenvalue weighted by Gasteiger charge is 2.28. The Kier molecular flexibility index (Phi) is 7.09. The highest BCUT2D eigenvalue weighted by Crippen LogP contribution is 2.44. The number of hydrogen-bond donors (Lipinski definition) is 3. The Balaban J connectivity index is 1.52. The molecular weight excluding hydrogens is 440 g/mol. The molecule has 0 aromatic heterocycles. The van der Waals surface area contributed by atoms with Crippen LogP contribution in [0.5, 0.6) is 0 Å². The molecule has 9 heteroatoms. The molecule has 0 atom stereocenters. The van der Waals surface area contributed by atoms with Gasteiger partial charge in [0, 0.05) is 41.6 Å². The quantitative estimate of drug-likeness (QED) is 0.527. The molecule has 1 saturated carbocycles. The number of carbonyl (C=O) groups excluding carboxylic acids is 2. The van der Waals surface area contributed by atoms with Crippen molar-refractivity contribution >= 4 is 34.8 Å². The molecule has 4 rings (SSSR count). The van der Waals surface area contributed by atoms with Gasteiger partial charge in [-0.3, -0.25) is 9.59 Å². The minimum absolute atomic E-state index is 0.0517. The van der Waals surface area contributed by atoms with E-state index in [1.54, 1.807) is 6.07 Å². The molecule has 2 aromatic carbocycles. The van der Waals surface area contributed by atoms with Crippen LogP contribution in [0.25, 0.3) is 0 Å². The zero-order chi connectivity index (χ0) is 24.2. The molecule has 0 unspecified atom stereocenters. The third-order valence-electron chi connectivity index (χ3n) is 5.78. The Morgan fingerprint density at radius 1 is 1.15 bits per heavy atom. The summed E-state index contributed by atoms with van der Waals surface area (Å²) < 4.78 is 25.6. The first-order chi connectivity index (χ1) is 16.3. The zero-order valence-electron chi connectivity index (χ0n) is 19.3. The molecule has 0 radical (unpaired) electrons. The summed E-state index contributed by atoms with van der Waals surface area (Å²) in [6.45, 7) is 4.10. The van der Waals surface area contributed by atoms with Gasteiger partial charge in [0.05, 0.1) is 6.54 Å². The number of carbonyl (C=O) groups is 2. The number of amides is 2. The van der Waals surface area contributed by atoms with Gasteiger partial charge in [-0.05, 0) is 60.7 Å². The molecule has 34 heavy (non-hydrogen) atoms. The van der Waals surface area contributed by atoms with Crippen molar-refractivity contribution in [1.82, 2.24) is 10.2 Å². The van der Waals surface area contributed by atoms with Crippen molar-refractivity contribution in [1.29, 1.82) is 0 Å². The number of benzene rings is 2. The van der Waals surface area contributed by atoms with Gasteiger partial charge in [-0.15, -0.1) is 0 Å². The maximum absolute atomic E-state index is 12.8. The van der Waals surface area contributed by atoms with Crippen LogP contribution in [0.4, 0.5) is 25.8 Å². The number of alkyl halides is 2. The topological polar surface area (TPSA) is 85.8 Å². The number of nitrogens with one attached hydrogen (secondary N) is 3. The highest BCUT2D eigenvalue weighted by atomic mass is 19.3. The van der Waals surface area contributed by atoms with Crippen LogP contribution in [0.15, 0.2) is 47.5 Å². The second-order valence-electron chi connectivity index (χ2n) is 8.93. The molecule has 2 aliphatic rings. The van der Waals surface area contributed by atoms with Crippen LogP contribution in [0.3, 0.4) is 0 Å². The fourth-order valence-electron chi connectivity index (χ4n) is 3.79. The summed E-state index contributed by atoms with van der Waals surface area (Å²) in [5.74, 6) is -0.0827. The lowest BCUT2D eigenvalue weighted by molar-refractivity contribution is -0.118. The van der Waals surface area contributed by atoms with Crippen LogP contribution >= 0.6 is 0 Å². The van der Waals surface area contributed by atoms with Crippen LogP contribution in [0.1, 0.15) is 48.5 Å². The predicted octanol–water partition coefficient (Wildman–Crippen LogP) is 4.57. The molecule has 2 amide bonds. The summed E-state index contributed by atoms with van der Waals surface area (Å²) in [7, 11) is 0. The smallest absolute Gasteiger partial charge is 0.280 e. The normalized spacial score (nSPS) is 16.8. The van der Waals surface area contributed by atoms with E-state index in [9.17, 15) is 18.4 Å². The van der Waals surface area contributed by atoms with Crippen LogP contribution in [0.2, 0.25) is 0 Å². The van der Waals surface area contributed by atoms with Gasteiger partial charge in [-0.2, -0.15) is 4.99 Å². The van der Waals surface area contributed by atoms with Crippen LogP contribution in [0, 0.1) is 5.92 Å². The average Bonchev–Trinajstić information content (AvgIpc) is 3.55. The number of nitrogens with zero attached hydrogens (tertiary/aromatic N) is 2. The molecule has 1 heterocycles. The van der Waals surface area contributed by atoms with Crippen molar-refractivity contribution in [2.75, 3.05) is 30.3 Å². The van der Waals surface area contributed by atoms with E-state index in [0.29, 0.717) is 30.3 Å². The van der Waals surface area contributed by atoms with Gasteiger partial charge in [0.25, 0.3) is 12.3 Å². The summed E-state index contributed by atoms with van der Waals surface area (Å²) in [6, 6.07) is 12.9. The maximum atomic E-state index is 12.8. The number of rotatable bonds is 8. The second kappa shape index (κ2) is 10.2. The Morgan fingerprint density at radius 2 is 1.91 bits per heavy atom. The lowest BCUT2D eigenvalue weighted by atomic mass is 10.0. The lowest BCUT2D eigenvalue weighted by Crippen LogP contribution is -2.34. The highest BCUT2D eigenvalue weighted by molar-refractivity contribution is 6.03. The first-order valence-corrected chi connectivity index (χ1v) is 11.5. The molecule has 1 aliphatic carbocycles. The lowest BCUT2D eigenvalue weighted by Gasteiger charge is -2.17. The largest absolute Gasteiger partial charge is 0.355 e. The van der Waals surface area contributed by atoms with Gasteiger partial charge >= 0.3 is 0 Å². The number of anilines is 3. The number of guanidine groups is 1. The van der Waals surface area contributed by atoms with E-state index in [1.165, 1.54) is 4.90 Å². The van der Waals surface area contributed by atoms with Crippen molar-refractivity contribution in [2.45, 2.75) is 39.0 Å². The molecule has 0 spiro atoms.